The number of rotatable bonds is 11. The van der Waals surface area contributed by atoms with Crippen LogP contribution >= 0.6 is 23.2 Å². The Kier molecular flexibility index (Phi) is 8.90. The topological polar surface area (TPSA) is 117 Å². The highest BCUT2D eigenvalue weighted by molar-refractivity contribution is 6.41. The van der Waals surface area contributed by atoms with Gasteiger partial charge in [0, 0.05) is 36.9 Å². The predicted molar refractivity (Wildman–Crippen MR) is 155 cm³/mol. The zero-order valence-electron chi connectivity index (χ0n) is 22.3. The van der Waals surface area contributed by atoms with Gasteiger partial charge >= 0.3 is 0 Å². The first kappa shape index (κ1) is 28.4. The zero-order valence-corrected chi connectivity index (χ0v) is 23.8. The van der Waals surface area contributed by atoms with Crippen LogP contribution in [0.3, 0.4) is 0 Å². The van der Waals surface area contributed by atoms with Gasteiger partial charge in [-0.3, -0.25) is 4.79 Å². The van der Waals surface area contributed by atoms with Crippen LogP contribution in [0.25, 0.3) is 22.3 Å². The van der Waals surface area contributed by atoms with Crippen LogP contribution in [0.1, 0.15) is 19.3 Å². The summed E-state index contributed by atoms with van der Waals surface area (Å²) >= 11 is 13.4. The lowest BCUT2D eigenvalue weighted by atomic mass is 9.97. The van der Waals surface area contributed by atoms with Gasteiger partial charge in [0.1, 0.15) is 23.1 Å². The van der Waals surface area contributed by atoms with Crippen LogP contribution in [-0.2, 0) is 14.3 Å². The summed E-state index contributed by atoms with van der Waals surface area (Å²) in [6.45, 7) is 5.86. The number of allylic oxidation sites excluding steroid dienone is 1. The summed E-state index contributed by atoms with van der Waals surface area (Å²) in [7, 11) is 3.03. The summed E-state index contributed by atoms with van der Waals surface area (Å²) in [6, 6.07) is 3.43. The second-order valence-electron chi connectivity index (χ2n) is 9.71. The first-order valence-electron chi connectivity index (χ1n) is 13.0. The molecule has 0 radical (unpaired) electrons. The Morgan fingerprint density at radius 2 is 1.95 bits per heavy atom. The van der Waals surface area contributed by atoms with E-state index in [2.05, 4.69) is 22.2 Å². The molecule has 2 N–H and O–H groups in total. The highest BCUT2D eigenvalue weighted by Gasteiger charge is 2.30. The van der Waals surface area contributed by atoms with Crippen molar-refractivity contribution < 1.29 is 23.7 Å². The maximum atomic E-state index is 12.0. The molecule has 212 valence electrons. The van der Waals surface area contributed by atoms with Crippen molar-refractivity contribution in [2.24, 2.45) is 5.92 Å². The summed E-state index contributed by atoms with van der Waals surface area (Å²) in [5, 5.41) is 8.15. The van der Waals surface area contributed by atoms with Gasteiger partial charge in [-0.2, -0.15) is 0 Å². The molecule has 0 spiro atoms. The molecular weight excluding hydrogens is 557 g/mol. The van der Waals surface area contributed by atoms with Gasteiger partial charge in [-0.15, -0.1) is 0 Å². The van der Waals surface area contributed by atoms with E-state index in [9.17, 15) is 4.79 Å². The summed E-state index contributed by atoms with van der Waals surface area (Å²) in [5.74, 6) is 2.27. The molecule has 0 bridgehead atoms. The molecule has 40 heavy (non-hydrogen) atoms. The SMILES string of the molecule is C=CC(=O)C[C@H]1COC[C@H]1Nc1cc2c(NCC3CCCO3)nc(-c3c(Cl)c(OC)cc(OC)c3Cl)nc2cn1. The molecule has 1 aromatic carbocycles. The Morgan fingerprint density at radius 1 is 1.18 bits per heavy atom. The van der Waals surface area contributed by atoms with Gasteiger partial charge in [-0.25, -0.2) is 15.0 Å². The molecule has 2 aliphatic rings. The minimum absolute atomic E-state index is 0.0122. The molecular formula is C28H31Cl2N5O5. The van der Waals surface area contributed by atoms with Crippen molar-refractivity contribution >= 4 is 51.5 Å². The minimum Gasteiger partial charge on any atom is -0.495 e. The number of nitrogens with zero attached hydrogens (tertiary/aromatic N) is 3. The van der Waals surface area contributed by atoms with Gasteiger partial charge < -0.3 is 29.6 Å². The molecule has 10 nitrogen and oxygen atoms in total. The van der Waals surface area contributed by atoms with E-state index in [1.807, 2.05) is 6.07 Å². The van der Waals surface area contributed by atoms with E-state index >= 15 is 0 Å². The fourth-order valence-corrected chi connectivity index (χ4v) is 5.62. The Labute approximate surface area is 242 Å². The van der Waals surface area contributed by atoms with Crippen molar-refractivity contribution in [1.82, 2.24) is 15.0 Å². The molecule has 3 atom stereocenters. The number of carbonyl (C=O) groups excluding carboxylic acids is 1. The van der Waals surface area contributed by atoms with E-state index in [0.717, 1.165) is 24.8 Å². The van der Waals surface area contributed by atoms with E-state index < -0.39 is 0 Å². The molecule has 4 heterocycles. The minimum atomic E-state index is -0.0702. The van der Waals surface area contributed by atoms with Crippen LogP contribution in [0, 0.1) is 5.92 Å². The number of ketones is 1. The molecule has 2 saturated heterocycles. The number of fused-ring (bicyclic) bond motifs is 1. The average Bonchev–Trinajstić information content (AvgIpc) is 3.64. The zero-order chi connectivity index (χ0) is 28.2. The first-order chi connectivity index (χ1) is 19.4. The maximum Gasteiger partial charge on any atom is 0.165 e. The molecule has 12 heteroatoms. The Balaban J connectivity index is 1.54. The van der Waals surface area contributed by atoms with Crippen LogP contribution in [0.2, 0.25) is 10.0 Å². The van der Waals surface area contributed by atoms with Crippen molar-refractivity contribution in [3.05, 3.63) is 41.0 Å². The van der Waals surface area contributed by atoms with Crippen LogP contribution in [0.4, 0.5) is 11.6 Å². The number of anilines is 2. The predicted octanol–water partition coefficient (Wildman–Crippen LogP) is 5.18. The van der Waals surface area contributed by atoms with E-state index in [1.165, 1.54) is 20.3 Å². The number of carbonyl (C=O) groups is 1. The van der Waals surface area contributed by atoms with Gasteiger partial charge in [-0.05, 0) is 25.0 Å². The van der Waals surface area contributed by atoms with Crippen molar-refractivity contribution in [3.63, 3.8) is 0 Å². The number of ether oxygens (including phenoxy) is 4. The molecule has 0 amide bonds. The van der Waals surface area contributed by atoms with E-state index in [1.54, 1.807) is 12.3 Å². The van der Waals surface area contributed by atoms with Gasteiger partial charge in [0.05, 0.1) is 66.9 Å². The van der Waals surface area contributed by atoms with Gasteiger partial charge in [0.25, 0.3) is 0 Å². The Morgan fingerprint density at radius 3 is 2.62 bits per heavy atom. The molecule has 0 saturated carbocycles. The number of hydrogen-bond acceptors (Lipinski definition) is 10. The monoisotopic (exact) mass is 587 g/mol. The van der Waals surface area contributed by atoms with E-state index in [-0.39, 0.29) is 33.9 Å². The third kappa shape index (κ3) is 5.95. The second kappa shape index (κ2) is 12.6. The fourth-order valence-electron chi connectivity index (χ4n) is 4.95. The van der Waals surface area contributed by atoms with E-state index in [4.69, 9.17) is 52.1 Å². The normalized spacial score (nSPS) is 20.4. The van der Waals surface area contributed by atoms with Gasteiger partial charge in [-0.1, -0.05) is 29.8 Å². The summed E-state index contributed by atoms with van der Waals surface area (Å²) in [5.41, 5.74) is 0.974. The molecule has 2 aliphatic heterocycles. The van der Waals surface area contributed by atoms with Crippen LogP contribution < -0.4 is 20.1 Å². The Bertz CT molecular complexity index is 1390. The lowest BCUT2D eigenvalue weighted by Gasteiger charge is -2.20. The van der Waals surface area contributed by atoms with Crippen molar-refractivity contribution in [1.29, 1.82) is 0 Å². The molecule has 3 aromatic rings. The van der Waals surface area contributed by atoms with Crippen molar-refractivity contribution in [2.75, 3.05) is 51.2 Å². The molecule has 2 aromatic heterocycles. The lowest BCUT2D eigenvalue weighted by Crippen LogP contribution is -2.29. The highest BCUT2D eigenvalue weighted by atomic mass is 35.5. The summed E-state index contributed by atoms with van der Waals surface area (Å²) < 4.78 is 22.3. The fraction of sp³-hybridized carbons (Fsp3) is 0.429. The van der Waals surface area contributed by atoms with Gasteiger partial charge in [0.2, 0.25) is 0 Å². The van der Waals surface area contributed by atoms with Crippen LogP contribution in [0.15, 0.2) is 31.0 Å². The van der Waals surface area contributed by atoms with Crippen molar-refractivity contribution in [3.8, 4) is 22.9 Å². The number of nitrogens with one attached hydrogen (secondary N) is 2. The standard InChI is InChI=1S/C28H31Cl2N5O5/c1-4-16(36)8-15-13-39-14-20(15)33-23-9-18-19(12-31-23)34-28(35-27(18)32-11-17-6-5-7-40-17)24-25(29)21(37-2)10-22(38-3)26(24)30/h4,9-10,12,15,17,20H,1,5-8,11,13-14H2,2-3H3,(H,31,33)(H,32,34,35)/t15-,17?,20+/m0/s1. The maximum absolute atomic E-state index is 12.0. The highest BCUT2D eigenvalue weighted by Crippen LogP contribution is 2.45. The van der Waals surface area contributed by atoms with E-state index in [0.29, 0.717) is 66.2 Å². The van der Waals surface area contributed by atoms with Gasteiger partial charge in [0.15, 0.2) is 11.6 Å². The summed E-state index contributed by atoms with van der Waals surface area (Å²) in [4.78, 5) is 26.2. The van der Waals surface area contributed by atoms with Crippen LogP contribution in [0.5, 0.6) is 11.5 Å². The lowest BCUT2D eigenvalue weighted by molar-refractivity contribution is -0.115. The largest absolute Gasteiger partial charge is 0.495 e. The third-order valence-corrected chi connectivity index (χ3v) is 7.87. The number of halogens is 2. The summed E-state index contributed by atoms with van der Waals surface area (Å²) in [6.07, 6.45) is 5.44. The number of benzene rings is 1. The second-order valence-corrected chi connectivity index (χ2v) is 10.5. The quantitative estimate of drug-likeness (QED) is 0.290. The number of methoxy groups -OCH3 is 2. The number of hydrogen-bond donors (Lipinski definition) is 2. The molecule has 1 unspecified atom stereocenters. The molecule has 0 aliphatic carbocycles. The van der Waals surface area contributed by atoms with Crippen LogP contribution in [-0.4, -0.2) is 73.5 Å². The molecule has 2 fully saturated rings. The van der Waals surface area contributed by atoms with Crippen molar-refractivity contribution in [2.45, 2.75) is 31.4 Å². The number of aromatic nitrogens is 3. The number of pyridine rings is 1. The molecule has 5 rings (SSSR count). The smallest absolute Gasteiger partial charge is 0.165 e. The Hall–Kier alpha value is -3.18. The third-order valence-electron chi connectivity index (χ3n) is 7.12. The first-order valence-corrected chi connectivity index (χ1v) is 13.8. The average molecular weight is 588 g/mol.